The summed E-state index contributed by atoms with van der Waals surface area (Å²) in [5.74, 6) is -0.422. The Morgan fingerprint density at radius 2 is 2.11 bits per heavy atom. The van der Waals surface area contributed by atoms with E-state index < -0.39 is 23.5 Å². The number of amides is 2. The predicted molar refractivity (Wildman–Crippen MR) is 132 cm³/mol. The molecule has 4 aromatic rings. The van der Waals surface area contributed by atoms with E-state index in [4.69, 9.17) is 19.7 Å². The van der Waals surface area contributed by atoms with Crippen molar-refractivity contribution in [1.29, 1.82) is 0 Å². The van der Waals surface area contributed by atoms with Gasteiger partial charge in [-0.2, -0.15) is 0 Å². The van der Waals surface area contributed by atoms with E-state index in [1.54, 1.807) is 41.2 Å². The van der Waals surface area contributed by atoms with E-state index in [9.17, 15) is 14.7 Å². The van der Waals surface area contributed by atoms with Crippen molar-refractivity contribution in [2.24, 2.45) is 0 Å². The van der Waals surface area contributed by atoms with Crippen LogP contribution in [0.1, 0.15) is 12.6 Å². The molecule has 13 heteroatoms. The van der Waals surface area contributed by atoms with Gasteiger partial charge in [-0.3, -0.25) is 14.5 Å². The van der Waals surface area contributed by atoms with E-state index in [0.717, 1.165) is 5.69 Å². The Morgan fingerprint density at radius 1 is 1.30 bits per heavy atom. The fraction of sp³-hybridized carbons (Fsp3) is 0.292. The van der Waals surface area contributed by atoms with Gasteiger partial charge in [-0.15, -0.1) is 5.10 Å². The molecule has 2 amide bonds. The third kappa shape index (κ3) is 4.34. The van der Waals surface area contributed by atoms with E-state index >= 15 is 0 Å². The normalized spacial score (nSPS) is 17.6. The number of fused-ring (bicyclic) bond motifs is 1. The maximum absolute atomic E-state index is 13.4. The number of aliphatic hydroxyl groups is 1. The summed E-state index contributed by atoms with van der Waals surface area (Å²) >= 11 is 0. The topological polar surface area (TPSA) is 171 Å². The van der Waals surface area contributed by atoms with Gasteiger partial charge in [0.1, 0.15) is 0 Å². The van der Waals surface area contributed by atoms with Crippen molar-refractivity contribution in [2.75, 3.05) is 36.2 Å². The summed E-state index contributed by atoms with van der Waals surface area (Å²) in [5.41, 5.74) is 5.68. The highest BCUT2D eigenvalue weighted by Crippen LogP contribution is 2.28. The van der Waals surface area contributed by atoms with Crippen molar-refractivity contribution >= 4 is 40.1 Å². The van der Waals surface area contributed by atoms with E-state index in [-0.39, 0.29) is 19.0 Å². The second-order valence-electron chi connectivity index (χ2n) is 8.73. The number of morpholine rings is 1. The number of pyridine rings is 1. The van der Waals surface area contributed by atoms with Crippen LogP contribution in [0.5, 0.6) is 5.88 Å². The Hall–Kier alpha value is -4.49. The number of hydrogen-bond acceptors (Lipinski definition) is 10. The molecule has 37 heavy (non-hydrogen) atoms. The van der Waals surface area contributed by atoms with E-state index in [1.165, 1.54) is 25.0 Å². The molecule has 4 N–H and O–H groups in total. The quantitative estimate of drug-likeness (QED) is 0.347. The number of carbonyl (C=O) groups is 2. The number of ether oxygens (including phenoxy) is 2. The number of aromatic nitrogens is 4. The minimum absolute atomic E-state index is 0.0954. The van der Waals surface area contributed by atoms with Gasteiger partial charge in [-0.1, -0.05) is 5.16 Å². The first-order chi connectivity index (χ1) is 17.7. The van der Waals surface area contributed by atoms with Crippen LogP contribution >= 0.6 is 0 Å². The molecule has 3 aromatic heterocycles. The summed E-state index contributed by atoms with van der Waals surface area (Å²) in [4.78, 5) is 31.9. The lowest BCUT2D eigenvalue weighted by Gasteiger charge is -2.37. The highest BCUT2D eigenvalue weighted by atomic mass is 16.5. The zero-order chi connectivity index (χ0) is 26.3. The lowest BCUT2D eigenvalue weighted by molar-refractivity contribution is -0.165. The molecule has 0 spiro atoms. The standard InChI is InChI=1S/C24H25N7O6/c1-13-10-18(28-31(13)15-6-7-26-19(12-15)35-3)30-8-9-36-20(22(30)32)24(2,34)23(33)27-14-4-5-16-17(11-14)37-29-21(16)25/h4-7,10-12,20,34H,8-9H2,1-3H3,(H2,25,29)(H,27,33)/t20-,24?/m0/s1. The van der Waals surface area contributed by atoms with Crippen molar-refractivity contribution in [3.05, 3.63) is 48.3 Å². The highest BCUT2D eigenvalue weighted by Gasteiger charge is 2.49. The van der Waals surface area contributed by atoms with Gasteiger partial charge in [0, 0.05) is 35.8 Å². The third-order valence-corrected chi connectivity index (χ3v) is 6.14. The lowest BCUT2D eigenvalue weighted by Crippen LogP contribution is -2.61. The summed E-state index contributed by atoms with van der Waals surface area (Å²) < 4.78 is 17.5. The maximum atomic E-state index is 13.4. The van der Waals surface area contributed by atoms with Crippen LogP contribution in [0.3, 0.4) is 0 Å². The largest absolute Gasteiger partial charge is 0.481 e. The zero-order valence-corrected chi connectivity index (χ0v) is 20.3. The van der Waals surface area contributed by atoms with E-state index in [0.29, 0.717) is 34.0 Å². The summed E-state index contributed by atoms with van der Waals surface area (Å²) in [6.07, 6.45) is 0.132. The number of nitrogens with zero attached hydrogens (tertiary/aromatic N) is 5. The molecule has 0 aliphatic carbocycles. The number of methoxy groups -OCH3 is 1. The van der Waals surface area contributed by atoms with Gasteiger partial charge in [0.15, 0.2) is 28.9 Å². The molecule has 1 saturated heterocycles. The van der Waals surface area contributed by atoms with Gasteiger partial charge in [0.05, 0.1) is 31.3 Å². The molecule has 1 aliphatic heterocycles. The fourth-order valence-corrected chi connectivity index (χ4v) is 4.12. The Labute approximate surface area is 210 Å². The van der Waals surface area contributed by atoms with Crippen LogP contribution in [-0.4, -0.2) is 68.8 Å². The SMILES string of the molecule is COc1cc(-n2nc(N3CCO[C@H](C(C)(O)C(=O)Nc4ccc5c(N)noc5c4)C3=O)cc2C)ccn1. The van der Waals surface area contributed by atoms with Crippen LogP contribution in [0.25, 0.3) is 16.7 Å². The first-order valence-corrected chi connectivity index (χ1v) is 11.4. The number of hydrogen-bond donors (Lipinski definition) is 3. The van der Waals surface area contributed by atoms with Gasteiger partial charge in [0.25, 0.3) is 11.8 Å². The van der Waals surface area contributed by atoms with Crippen LogP contribution in [0.4, 0.5) is 17.3 Å². The zero-order valence-electron chi connectivity index (χ0n) is 20.3. The Balaban J connectivity index is 1.36. The lowest BCUT2D eigenvalue weighted by atomic mass is 9.95. The Bertz CT molecular complexity index is 1490. The molecule has 2 atom stereocenters. The maximum Gasteiger partial charge on any atom is 0.260 e. The van der Waals surface area contributed by atoms with Crippen molar-refractivity contribution in [3.8, 4) is 11.6 Å². The minimum Gasteiger partial charge on any atom is -0.481 e. The number of benzene rings is 1. The van der Waals surface area contributed by atoms with Gasteiger partial charge in [0.2, 0.25) is 5.88 Å². The molecule has 0 bridgehead atoms. The molecule has 192 valence electrons. The summed E-state index contributed by atoms with van der Waals surface area (Å²) in [6.45, 7) is 3.37. The van der Waals surface area contributed by atoms with Crippen LogP contribution in [0.2, 0.25) is 0 Å². The van der Waals surface area contributed by atoms with E-state index in [1.807, 2.05) is 6.92 Å². The van der Waals surface area contributed by atoms with Gasteiger partial charge < -0.3 is 30.2 Å². The van der Waals surface area contributed by atoms with Crippen molar-refractivity contribution in [3.63, 3.8) is 0 Å². The number of carbonyl (C=O) groups excluding carboxylic acids is 2. The predicted octanol–water partition coefficient (Wildman–Crippen LogP) is 1.43. The highest BCUT2D eigenvalue weighted by molar-refractivity contribution is 6.06. The monoisotopic (exact) mass is 507 g/mol. The second-order valence-corrected chi connectivity index (χ2v) is 8.73. The summed E-state index contributed by atoms with van der Waals surface area (Å²) in [5, 5.41) is 22.6. The fourth-order valence-electron chi connectivity index (χ4n) is 4.12. The number of anilines is 3. The molecular formula is C24H25N7O6. The molecular weight excluding hydrogens is 482 g/mol. The van der Waals surface area contributed by atoms with Crippen LogP contribution in [-0.2, 0) is 14.3 Å². The number of nitrogens with one attached hydrogen (secondary N) is 1. The third-order valence-electron chi connectivity index (χ3n) is 6.14. The molecule has 1 fully saturated rings. The molecule has 1 aromatic carbocycles. The minimum atomic E-state index is -2.19. The molecule has 0 saturated carbocycles. The van der Waals surface area contributed by atoms with Crippen molar-refractivity contribution < 1.29 is 28.7 Å². The average Bonchev–Trinajstić information content (AvgIpc) is 3.46. The van der Waals surface area contributed by atoms with Gasteiger partial charge in [-0.05, 0) is 32.0 Å². The number of nitrogen functional groups attached to an aromatic ring is 1. The molecule has 5 rings (SSSR count). The van der Waals surface area contributed by atoms with Crippen LogP contribution in [0, 0.1) is 6.92 Å². The van der Waals surface area contributed by atoms with Crippen molar-refractivity contribution in [1.82, 2.24) is 19.9 Å². The van der Waals surface area contributed by atoms with Crippen molar-refractivity contribution in [2.45, 2.75) is 25.6 Å². The summed E-state index contributed by atoms with van der Waals surface area (Å²) in [6, 6.07) is 9.95. The molecule has 13 nitrogen and oxygen atoms in total. The Morgan fingerprint density at radius 3 is 2.89 bits per heavy atom. The molecule has 1 aliphatic rings. The van der Waals surface area contributed by atoms with Crippen LogP contribution in [0.15, 0.2) is 47.1 Å². The summed E-state index contributed by atoms with van der Waals surface area (Å²) in [7, 11) is 1.52. The first-order valence-electron chi connectivity index (χ1n) is 11.4. The number of aryl methyl sites for hydroxylation is 1. The first kappa shape index (κ1) is 24.2. The average molecular weight is 508 g/mol. The Kier molecular flexibility index (Phi) is 6.01. The second kappa shape index (κ2) is 9.19. The number of rotatable bonds is 6. The van der Waals surface area contributed by atoms with Gasteiger partial charge in [-0.25, -0.2) is 9.67 Å². The molecule has 1 unspecified atom stereocenters. The van der Waals surface area contributed by atoms with Gasteiger partial charge >= 0.3 is 0 Å². The number of nitrogens with two attached hydrogens (primary N) is 1. The molecule has 0 radical (unpaired) electrons. The molecule has 4 heterocycles. The smallest absolute Gasteiger partial charge is 0.260 e. The van der Waals surface area contributed by atoms with E-state index in [2.05, 4.69) is 20.6 Å². The van der Waals surface area contributed by atoms with Crippen LogP contribution < -0.4 is 20.7 Å².